The van der Waals surface area contributed by atoms with Crippen LogP contribution in [0.25, 0.3) is 16.0 Å². The molecular formula is C25H16F2N2O4S. The SMILES string of the molecule is COc1ccc2nc(N3C(=O)C(=O)C(=C(O)c4ccc(F)cc4)[C@@H]3c3ccc(F)cc3)sc2c1. The van der Waals surface area contributed by atoms with E-state index in [4.69, 9.17) is 4.74 Å². The molecule has 1 aliphatic rings. The molecule has 1 amide bonds. The van der Waals surface area contributed by atoms with Crippen LogP contribution in [-0.2, 0) is 9.59 Å². The molecule has 1 aromatic heterocycles. The number of ether oxygens (including phenoxy) is 1. The largest absolute Gasteiger partial charge is 0.507 e. The fourth-order valence-electron chi connectivity index (χ4n) is 3.88. The third-order valence-corrected chi connectivity index (χ3v) is 6.56. The minimum Gasteiger partial charge on any atom is -0.507 e. The van der Waals surface area contributed by atoms with E-state index in [0.29, 0.717) is 16.8 Å². The summed E-state index contributed by atoms with van der Waals surface area (Å²) in [5.74, 6) is -2.67. The Bertz CT molecular complexity index is 1460. The van der Waals surface area contributed by atoms with Gasteiger partial charge in [0.05, 0.1) is 28.9 Å². The van der Waals surface area contributed by atoms with E-state index in [1.54, 1.807) is 18.2 Å². The number of methoxy groups -OCH3 is 1. The summed E-state index contributed by atoms with van der Waals surface area (Å²) in [6.07, 6.45) is 0. The molecule has 34 heavy (non-hydrogen) atoms. The summed E-state index contributed by atoms with van der Waals surface area (Å²) in [7, 11) is 1.53. The zero-order chi connectivity index (χ0) is 24.0. The number of benzene rings is 3. The summed E-state index contributed by atoms with van der Waals surface area (Å²) in [6.45, 7) is 0. The number of hydrogen-bond donors (Lipinski definition) is 1. The molecule has 3 aromatic carbocycles. The first-order valence-electron chi connectivity index (χ1n) is 10.1. The highest BCUT2D eigenvalue weighted by molar-refractivity contribution is 7.22. The number of nitrogens with zero attached hydrogens (tertiary/aromatic N) is 2. The average molecular weight is 478 g/mol. The maximum atomic E-state index is 13.7. The highest BCUT2D eigenvalue weighted by atomic mass is 32.1. The minimum atomic E-state index is -1.06. The van der Waals surface area contributed by atoms with Crippen LogP contribution in [0.15, 0.2) is 72.3 Å². The number of aromatic nitrogens is 1. The number of carbonyl (C=O) groups is 2. The molecule has 2 heterocycles. The number of anilines is 1. The summed E-state index contributed by atoms with van der Waals surface area (Å²) in [4.78, 5) is 32.0. The lowest BCUT2D eigenvalue weighted by Crippen LogP contribution is -2.29. The Labute approximate surface area is 196 Å². The van der Waals surface area contributed by atoms with Crippen molar-refractivity contribution in [2.75, 3.05) is 12.0 Å². The zero-order valence-electron chi connectivity index (χ0n) is 17.7. The molecule has 6 nitrogen and oxygen atoms in total. The van der Waals surface area contributed by atoms with Crippen LogP contribution in [-0.4, -0.2) is 28.9 Å². The van der Waals surface area contributed by atoms with Gasteiger partial charge in [0.25, 0.3) is 5.78 Å². The molecule has 0 unspecified atom stereocenters. The van der Waals surface area contributed by atoms with Gasteiger partial charge in [0.15, 0.2) is 5.13 Å². The van der Waals surface area contributed by atoms with Gasteiger partial charge in [-0.15, -0.1) is 0 Å². The number of Topliss-reactive ketones (excluding diaryl/α,β-unsaturated/α-hetero) is 1. The molecule has 1 N–H and O–H groups in total. The first-order valence-corrected chi connectivity index (χ1v) is 11.0. The molecule has 9 heteroatoms. The molecule has 1 fully saturated rings. The van der Waals surface area contributed by atoms with E-state index < -0.39 is 35.1 Å². The van der Waals surface area contributed by atoms with Crippen LogP contribution < -0.4 is 9.64 Å². The fourth-order valence-corrected chi connectivity index (χ4v) is 4.90. The van der Waals surface area contributed by atoms with Gasteiger partial charge in [0.2, 0.25) is 0 Å². The fraction of sp³-hybridized carbons (Fsp3) is 0.0800. The maximum absolute atomic E-state index is 13.7. The lowest BCUT2D eigenvalue weighted by Gasteiger charge is -2.23. The Morgan fingerprint density at radius 1 is 1.00 bits per heavy atom. The molecule has 5 rings (SSSR count). The van der Waals surface area contributed by atoms with Gasteiger partial charge >= 0.3 is 5.91 Å². The van der Waals surface area contributed by atoms with Crippen LogP contribution in [0.1, 0.15) is 17.2 Å². The monoisotopic (exact) mass is 478 g/mol. The first kappa shape index (κ1) is 21.7. The molecule has 1 atom stereocenters. The molecule has 1 saturated heterocycles. The van der Waals surface area contributed by atoms with Crippen molar-refractivity contribution in [1.29, 1.82) is 0 Å². The number of rotatable bonds is 4. The van der Waals surface area contributed by atoms with E-state index in [1.807, 2.05) is 0 Å². The summed E-state index contributed by atoms with van der Waals surface area (Å²) in [5.41, 5.74) is 0.973. The topological polar surface area (TPSA) is 79.7 Å². The number of fused-ring (bicyclic) bond motifs is 1. The number of halogens is 2. The number of carbonyl (C=O) groups excluding carboxylic acids is 2. The summed E-state index contributed by atoms with van der Waals surface area (Å²) in [5, 5.41) is 11.2. The highest BCUT2D eigenvalue weighted by Gasteiger charge is 2.48. The summed E-state index contributed by atoms with van der Waals surface area (Å²) in [6, 6.07) is 14.3. The van der Waals surface area contributed by atoms with Crippen molar-refractivity contribution in [1.82, 2.24) is 4.98 Å². The molecule has 0 spiro atoms. The quantitative estimate of drug-likeness (QED) is 0.248. The second-order valence-electron chi connectivity index (χ2n) is 7.56. The van der Waals surface area contributed by atoms with E-state index in [2.05, 4.69) is 4.98 Å². The molecule has 4 aromatic rings. The standard InChI is InChI=1S/C25H16F2N2O4S/c1-33-17-10-11-18-19(12-17)34-25(28-18)29-21(13-2-6-15(26)7-3-13)20(23(31)24(29)32)22(30)14-4-8-16(27)9-5-14/h2-12,21,30H,1H3/t21-/m0/s1. The first-order chi connectivity index (χ1) is 16.4. The predicted octanol–water partition coefficient (Wildman–Crippen LogP) is 5.21. The van der Waals surface area contributed by atoms with Crippen LogP contribution in [0, 0.1) is 11.6 Å². The van der Waals surface area contributed by atoms with Crippen LogP contribution in [0.3, 0.4) is 0 Å². The Kier molecular flexibility index (Phi) is 5.33. The van der Waals surface area contributed by atoms with Crippen molar-refractivity contribution < 1.29 is 28.2 Å². The normalized spacial score (nSPS) is 17.5. The van der Waals surface area contributed by atoms with Gasteiger partial charge in [-0.25, -0.2) is 13.8 Å². The van der Waals surface area contributed by atoms with Crippen LogP contribution in [0.2, 0.25) is 0 Å². The Hall–Kier alpha value is -4.11. The molecule has 1 aliphatic heterocycles. The predicted molar refractivity (Wildman–Crippen MR) is 124 cm³/mol. The number of thiazole rings is 1. The summed E-state index contributed by atoms with van der Waals surface area (Å²) < 4.78 is 33.0. The van der Waals surface area contributed by atoms with E-state index in [1.165, 1.54) is 59.7 Å². The van der Waals surface area contributed by atoms with Crippen LogP contribution in [0.4, 0.5) is 13.9 Å². The van der Waals surface area contributed by atoms with Gasteiger partial charge in [-0.2, -0.15) is 0 Å². The molecular weight excluding hydrogens is 462 g/mol. The Morgan fingerprint density at radius 3 is 2.29 bits per heavy atom. The minimum absolute atomic E-state index is 0.167. The lowest BCUT2D eigenvalue weighted by molar-refractivity contribution is -0.132. The zero-order valence-corrected chi connectivity index (χ0v) is 18.5. The molecule has 0 bridgehead atoms. The summed E-state index contributed by atoms with van der Waals surface area (Å²) >= 11 is 1.18. The molecule has 0 aliphatic carbocycles. The number of aliphatic hydroxyl groups is 1. The van der Waals surface area contributed by atoms with Gasteiger partial charge in [0.1, 0.15) is 23.1 Å². The Balaban J connectivity index is 1.71. The van der Waals surface area contributed by atoms with Gasteiger partial charge in [0, 0.05) is 5.56 Å². The van der Waals surface area contributed by atoms with Crippen molar-refractivity contribution >= 4 is 44.1 Å². The third-order valence-electron chi connectivity index (χ3n) is 5.54. The van der Waals surface area contributed by atoms with Gasteiger partial charge in [-0.3, -0.25) is 14.5 Å². The number of aliphatic hydroxyl groups excluding tert-OH is 1. The second kappa shape index (κ2) is 8.35. The number of amides is 1. The van der Waals surface area contributed by atoms with E-state index in [-0.39, 0.29) is 16.3 Å². The van der Waals surface area contributed by atoms with Crippen molar-refractivity contribution in [3.8, 4) is 5.75 Å². The number of ketones is 1. The van der Waals surface area contributed by atoms with Crippen molar-refractivity contribution in [2.24, 2.45) is 0 Å². The van der Waals surface area contributed by atoms with E-state index >= 15 is 0 Å². The van der Waals surface area contributed by atoms with E-state index in [9.17, 15) is 23.5 Å². The molecule has 0 radical (unpaired) electrons. The Morgan fingerprint density at radius 2 is 1.65 bits per heavy atom. The highest BCUT2D eigenvalue weighted by Crippen LogP contribution is 2.44. The lowest BCUT2D eigenvalue weighted by atomic mass is 9.95. The van der Waals surface area contributed by atoms with Gasteiger partial charge in [-0.05, 0) is 60.2 Å². The van der Waals surface area contributed by atoms with Gasteiger partial charge < -0.3 is 9.84 Å². The van der Waals surface area contributed by atoms with Crippen LogP contribution in [0.5, 0.6) is 5.75 Å². The number of hydrogen-bond acceptors (Lipinski definition) is 6. The van der Waals surface area contributed by atoms with Crippen molar-refractivity contribution in [3.63, 3.8) is 0 Å². The second-order valence-corrected chi connectivity index (χ2v) is 8.57. The van der Waals surface area contributed by atoms with Gasteiger partial charge in [-0.1, -0.05) is 23.5 Å². The average Bonchev–Trinajstić information content (AvgIpc) is 3.37. The molecule has 170 valence electrons. The van der Waals surface area contributed by atoms with Crippen LogP contribution >= 0.6 is 11.3 Å². The third kappa shape index (κ3) is 3.60. The van der Waals surface area contributed by atoms with E-state index in [0.717, 1.165) is 16.8 Å². The molecule has 0 saturated carbocycles. The smallest absolute Gasteiger partial charge is 0.301 e. The van der Waals surface area contributed by atoms with Crippen molar-refractivity contribution in [2.45, 2.75) is 6.04 Å². The van der Waals surface area contributed by atoms with Crippen molar-refractivity contribution in [3.05, 3.63) is 95.1 Å². The maximum Gasteiger partial charge on any atom is 0.301 e.